The van der Waals surface area contributed by atoms with Gasteiger partial charge in [-0.3, -0.25) is 0 Å². The zero-order valence-electron chi connectivity index (χ0n) is 8.93. The summed E-state index contributed by atoms with van der Waals surface area (Å²) in [5.41, 5.74) is 0.859. The minimum atomic E-state index is 0.264. The maximum Gasteiger partial charge on any atom is 0.137 e. The Bertz CT molecular complexity index is 350. The van der Waals surface area contributed by atoms with Crippen LogP contribution >= 0.6 is 23.2 Å². The van der Waals surface area contributed by atoms with E-state index in [1.807, 2.05) is 13.8 Å². The van der Waals surface area contributed by atoms with Crippen molar-refractivity contribution < 1.29 is 0 Å². The van der Waals surface area contributed by atoms with Gasteiger partial charge in [-0.25, -0.2) is 9.97 Å². The van der Waals surface area contributed by atoms with E-state index in [0.29, 0.717) is 10.3 Å². The van der Waals surface area contributed by atoms with Crippen molar-refractivity contribution in [1.82, 2.24) is 9.97 Å². The lowest BCUT2D eigenvalue weighted by atomic mass is 10.1. The van der Waals surface area contributed by atoms with Crippen molar-refractivity contribution in [2.24, 2.45) is 5.92 Å². The first-order valence-electron chi connectivity index (χ1n) is 5.29. The van der Waals surface area contributed by atoms with E-state index in [9.17, 15) is 0 Å². The molecule has 1 aliphatic carbocycles. The highest BCUT2D eigenvalue weighted by atomic mass is 35.5. The van der Waals surface area contributed by atoms with Crippen LogP contribution in [0.5, 0.6) is 0 Å². The first-order chi connectivity index (χ1) is 7.08. The second-order valence-corrected chi connectivity index (χ2v) is 5.15. The van der Waals surface area contributed by atoms with Gasteiger partial charge >= 0.3 is 0 Å². The summed E-state index contributed by atoms with van der Waals surface area (Å²) in [6.07, 6.45) is 3.48. The van der Waals surface area contributed by atoms with Crippen molar-refractivity contribution in [2.75, 3.05) is 0 Å². The maximum atomic E-state index is 6.10. The van der Waals surface area contributed by atoms with E-state index in [2.05, 4.69) is 9.97 Å². The number of hydrogen-bond acceptors (Lipinski definition) is 2. The summed E-state index contributed by atoms with van der Waals surface area (Å²) in [6.45, 7) is 4.08. The molecule has 1 fully saturated rings. The Hall–Kier alpha value is -0.340. The second kappa shape index (κ2) is 4.26. The topological polar surface area (TPSA) is 25.8 Å². The van der Waals surface area contributed by atoms with E-state index in [1.54, 1.807) is 0 Å². The van der Waals surface area contributed by atoms with Gasteiger partial charge in [0.15, 0.2) is 0 Å². The van der Waals surface area contributed by atoms with Crippen LogP contribution in [0.3, 0.4) is 0 Å². The molecule has 0 aromatic carbocycles. The smallest absolute Gasteiger partial charge is 0.137 e. The Balaban J connectivity index is 2.28. The molecule has 0 amide bonds. The zero-order valence-corrected chi connectivity index (χ0v) is 10.4. The molecule has 2 nitrogen and oxygen atoms in total. The highest BCUT2D eigenvalue weighted by Crippen LogP contribution is 2.34. The minimum absolute atomic E-state index is 0.264. The van der Waals surface area contributed by atoms with Crippen molar-refractivity contribution in [3.8, 4) is 0 Å². The molecule has 1 aromatic rings. The number of hydrogen-bond donors (Lipinski definition) is 0. The van der Waals surface area contributed by atoms with Gasteiger partial charge in [0, 0.05) is 12.0 Å². The summed E-state index contributed by atoms with van der Waals surface area (Å²) in [4.78, 5) is 8.61. The molecule has 15 heavy (non-hydrogen) atoms. The Kier molecular flexibility index (Phi) is 3.17. The number of rotatable bonds is 3. The van der Waals surface area contributed by atoms with E-state index in [1.165, 1.54) is 12.8 Å². The van der Waals surface area contributed by atoms with Crippen molar-refractivity contribution in [3.05, 3.63) is 21.7 Å². The van der Waals surface area contributed by atoms with Crippen LogP contribution in [0.15, 0.2) is 0 Å². The van der Waals surface area contributed by atoms with Crippen LogP contribution in [0.2, 0.25) is 10.3 Å². The minimum Gasteiger partial charge on any atom is -0.221 e. The number of halogens is 2. The molecular formula is C11H14Cl2N2. The summed E-state index contributed by atoms with van der Waals surface area (Å²) in [5, 5.41) is 1.03. The molecule has 0 bridgehead atoms. The molecule has 1 aliphatic rings. The van der Waals surface area contributed by atoms with E-state index < -0.39 is 0 Å². The normalized spacial score (nSPS) is 16.1. The Labute approximate surface area is 100 Å². The van der Waals surface area contributed by atoms with Crippen LogP contribution in [0.25, 0.3) is 0 Å². The monoisotopic (exact) mass is 244 g/mol. The predicted molar refractivity (Wildman–Crippen MR) is 62.6 cm³/mol. The molecule has 82 valence electrons. The molecule has 0 atom stereocenters. The van der Waals surface area contributed by atoms with Crippen LogP contribution in [0, 0.1) is 5.92 Å². The zero-order chi connectivity index (χ0) is 11.0. The molecule has 4 heteroatoms. The average molecular weight is 245 g/mol. The molecule has 0 spiro atoms. The molecule has 0 aliphatic heterocycles. The lowest BCUT2D eigenvalue weighted by Gasteiger charge is -2.10. The highest BCUT2D eigenvalue weighted by Gasteiger charge is 2.24. The first kappa shape index (κ1) is 11.2. The fraction of sp³-hybridized carbons (Fsp3) is 0.636. The van der Waals surface area contributed by atoms with Crippen molar-refractivity contribution in [1.29, 1.82) is 0 Å². The van der Waals surface area contributed by atoms with Gasteiger partial charge in [-0.05, 0) is 24.7 Å². The first-order valence-corrected chi connectivity index (χ1v) is 6.05. The molecular weight excluding hydrogens is 231 g/mol. The fourth-order valence-corrected chi connectivity index (χ4v) is 2.46. The summed E-state index contributed by atoms with van der Waals surface area (Å²) < 4.78 is 0. The standard InChI is InChI=1S/C11H14Cl2N2/c1-6(2)9-10(12)14-8(15-11(9)13)5-7-3-4-7/h6-7H,3-5H2,1-2H3. The molecule has 1 saturated carbocycles. The molecule has 1 heterocycles. The third-order valence-corrected chi connectivity index (χ3v) is 3.22. The van der Waals surface area contributed by atoms with Gasteiger partial charge < -0.3 is 0 Å². The van der Waals surface area contributed by atoms with Crippen LogP contribution in [-0.2, 0) is 6.42 Å². The van der Waals surface area contributed by atoms with E-state index >= 15 is 0 Å². The summed E-state index contributed by atoms with van der Waals surface area (Å²) in [5.74, 6) is 1.80. The summed E-state index contributed by atoms with van der Waals surface area (Å²) in [6, 6.07) is 0. The molecule has 0 N–H and O–H groups in total. The molecule has 0 saturated heterocycles. The van der Waals surface area contributed by atoms with Crippen molar-refractivity contribution in [2.45, 2.75) is 39.0 Å². The van der Waals surface area contributed by atoms with E-state index in [4.69, 9.17) is 23.2 Å². The summed E-state index contributed by atoms with van der Waals surface area (Å²) >= 11 is 12.2. The maximum absolute atomic E-state index is 6.10. The lowest BCUT2D eigenvalue weighted by molar-refractivity contribution is 0.754. The van der Waals surface area contributed by atoms with Crippen molar-refractivity contribution in [3.63, 3.8) is 0 Å². The molecule has 0 radical (unpaired) electrons. The SMILES string of the molecule is CC(C)c1c(Cl)nc(CC2CC2)nc1Cl. The predicted octanol–water partition coefficient (Wildman–Crippen LogP) is 3.86. The largest absolute Gasteiger partial charge is 0.221 e. The summed E-state index contributed by atoms with van der Waals surface area (Å²) in [7, 11) is 0. The van der Waals surface area contributed by atoms with Crippen LogP contribution in [0.1, 0.15) is 44.0 Å². The van der Waals surface area contributed by atoms with Gasteiger partial charge in [-0.2, -0.15) is 0 Å². The highest BCUT2D eigenvalue weighted by molar-refractivity contribution is 6.34. The van der Waals surface area contributed by atoms with Gasteiger partial charge in [0.1, 0.15) is 16.1 Å². The molecule has 0 unspecified atom stereocenters. The Morgan fingerprint density at radius 3 is 2.13 bits per heavy atom. The third-order valence-electron chi connectivity index (χ3n) is 2.64. The Morgan fingerprint density at radius 1 is 1.20 bits per heavy atom. The van der Waals surface area contributed by atoms with Gasteiger partial charge in [-0.15, -0.1) is 0 Å². The number of aromatic nitrogens is 2. The average Bonchev–Trinajstić information content (AvgIpc) is 2.85. The van der Waals surface area contributed by atoms with E-state index in [0.717, 1.165) is 23.7 Å². The second-order valence-electron chi connectivity index (χ2n) is 4.44. The number of nitrogens with zero attached hydrogens (tertiary/aromatic N) is 2. The Morgan fingerprint density at radius 2 is 1.73 bits per heavy atom. The molecule has 1 aromatic heterocycles. The van der Waals surface area contributed by atoms with Gasteiger partial charge in [-0.1, -0.05) is 37.0 Å². The van der Waals surface area contributed by atoms with Gasteiger partial charge in [0.2, 0.25) is 0 Å². The third kappa shape index (κ3) is 2.61. The van der Waals surface area contributed by atoms with E-state index in [-0.39, 0.29) is 5.92 Å². The van der Waals surface area contributed by atoms with Crippen molar-refractivity contribution >= 4 is 23.2 Å². The van der Waals surface area contributed by atoms with Crippen LogP contribution in [0.4, 0.5) is 0 Å². The fourth-order valence-electron chi connectivity index (χ4n) is 1.61. The van der Waals surface area contributed by atoms with Crippen LogP contribution < -0.4 is 0 Å². The lowest BCUT2D eigenvalue weighted by Crippen LogP contribution is -2.03. The molecule has 2 rings (SSSR count). The van der Waals surface area contributed by atoms with Gasteiger partial charge in [0.25, 0.3) is 0 Å². The quantitative estimate of drug-likeness (QED) is 0.755. The van der Waals surface area contributed by atoms with Crippen LogP contribution in [-0.4, -0.2) is 9.97 Å². The van der Waals surface area contributed by atoms with Gasteiger partial charge in [0.05, 0.1) is 0 Å².